The van der Waals surface area contributed by atoms with Crippen LogP contribution in [0.3, 0.4) is 0 Å². The fourth-order valence-corrected chi connectivity index (χ4v) is 1.94. The van der Waals surface area contributed by atoms with E-state index < -0.39 is 29.7 Å². The molecule has 2 aromatic rings. The van der Waals surface area contributed by atoms with Crippen LogP contribution in [0.1, 0.15) is 35.8 Å². The number of esters is 1. The van der Waals surface area contributed by atoms with Crippen LogP contribution in [0.15, 0.2) is 39.9 Å². The lowest BCUT2D eigenvalue weighted by Gasteiger charge is -2.09. The minimum atomic E-state index is -0.969. The maximum atomic E-state index is 11.8. The van der Waals surface area contributed by atoms with Gasteiger partial charge in [-0.15, -0.1) is 0 Å². The van der Waals surface area contributed by atoms with Crippen LogP contribution in [0.25, 0.3) is 0 Å². The number of nitrogens with one attached hydrogen (secondary N) is 3. The Labute approximate surface area is 136 Å². The van der Waals surface area contributed by atoms with Crippen molar-refractivity contribution in [3.05, 3.63) is 62.4 Å². The van der Waals surface area contributed by atoms with Gasteiger partial charge < -0.3 is 15.0 Å². The summed E-state index contributed by atoms with van der Waals surface area (Å²) in [6.45, 7) is 3.58. The van der Waals surface area contributed by atoms with E-state index in [9.17, 15) is 19.2 Å². The van der Waals surface area contributed by atoms with Gasteiger partial charge in [0.2, 0.25) is 0 Å². The molecule has 0 aliphatic carbocycles. The summed E-state index contributed by atoms with van der Waals surface area (Å²) in [7, 11) is 0. The van der Waals surface area contributed by atoms with Crippen molar-refractivity contribution >= 4 is 17.6 Å². The molecule has 126 valence electrons. The first-order chi connectivity index (χ1) is 11.3. The van der Waals surface area contributed by atoms with E-state index in [2.05, 4.69) is 24.1 Å². The highest BCUT2D eigenvalue weighted by Gasteiger charge is 2.12. The van der Waals surface area contributed by atoms with Crippen LogP contribution < -0.4 is 16.6 Å². The molecule has 0 radical (unpaired) electrons. The van der Waals surface area contributed by atoms with Gasteiger partial charge in [-0.2, -0.15) is 0 Å². The normalized spacial score (nSPS) is 10.5. The van der Waals surface area contributed by atoms with E-state index in [1.165, 1.54) is 0 Å². The quantitative estimate of drug-likeness (QED) is 0.705. The lowest BCUT2D eigenvalue weighted by Crippen LogP contribution is -2.27. The van der Waals surface area contributed by atoms with Gasteiger partial charge in [0.1, 0.15) is 5.69 Å². The molecule has 1 aromatic heterocycles. The largest absolute Gasteiger partial charge is 0.451 e. The first kappa shape index (κ1) is 17.2. The van der Waals surface area contributed by atoms with Crippen LogP contribution in [0, 0.1) is 0 Å². The average molecular weight is 331 g/mol. The summed E-state index contributed by atoms with van der Waals surface area (Å²) in [6, 6.07) is 8.18. The zero-order valence-corrected chi connectivity index (χ0v) is 13.2. The first-order valence-corrected chi connectivity index (χ1v) is 7.25. The van der Waals surface area contributed by atoms with Crippen LogP contribution >= 0.6 is 0 Å². The van der Waals surface area contributed by atoms with Gasteiger partial charge in [-0.3, -0.25) is 14.6 Å². The summed E-state index contributed by atoms with van der Waals surface area (Å²) in [6.07, 6.45) is 0. The summed E-state index contributed by atoms with van der Waals surface area (Å²) in [5.41, 5.74) is -0.176. The number of amides is 1. The Morgan fingerprint density at radius 3 is 2.38 bits per heavy atom. The van der Waals surface area contributed by atoms with Gasteiger partial charge in [0.15, 0.2) is 6.61 Å². The number of rotatable bonds is 5. The summed E-state index contributed by atoms with van der Waals surface area (Å²) < 4.78 is 4.76. The van der Waals surface area contributed by atoms with Gasteiger partial charge in [0.25, 0.3) is 11.5 Å². The van der Waals surface area contributed by atoms with E-state index in [0.717, 1.165) is 11.6 Å². The Bertz CT molecular complexity index is 821. The maximum Gasteiger partial charge on any atom is 0.355 e. The number of benzene rings is 1. The Morgan fingerprint density at radius 1 is 1.12 bits per heavy atom. The van der Waals surface area contributed by atoms with Crippen molar-refractivity contribution in [2.24, 2.45) is 0 Å². The number of carbonyl (C=O) groups is 2. The standard InChI is InChI=1S/C16H17N3O5/c1-9(2)10-3-5-11(6-4-10)17-14(21)8-24-15(22)12-7-13(20)19-16(23)18-12/h3-7,9H,8H2,1-2H3,(H,17,21)(H2,18,19,20,23). The topological polar surface area (TPSA) is 121 Å². The van der Waals surface area contributed by atoms with Crippen molar-refractivity contribution in [1.82, 2.24) is 9.97 Å². The van der Waals surface area contributed by atoms with Crippen molar-refractivity contribution in [3.8, 4) is 0 Å². The molecule has 1 amide bonds. The van der Waals surface area contributed by atoms with E-state index in [1.807, 2.05) is 17.1 Å². The molecule has 0 aliphatic rings. The maximum absolute atomic E-state index is 11.8. The van der Waals surface area contributed by atoms with Crippen molar-refractivity contribution in [2.75, 3.05) is 11.9 Å². The fourth-order valence-electron chi connectivity index (χ4n) is 1.94. The minimum absolute atomic E-state index is 0.321. The SMILES string of the molecule is CC(C)c1ccc(NC(=O)COC(=O)c2cc(=O)[nH]c(=O)[nH]2)cc1. The predicted molar refractivity (Wildman–Crippen MR) is 87.1 cm³/mol. The fraction of sp³-hybridized carbons (Fsp3) is 0.250. The molecule has 0 fully saturated rings. The Kier molecular flexibility index (Phi) is 5.31. The van der Waals surface area contributed by atoms with Crippen LogP contribution in [-0.4, -0.2) is 28.5 Å². The second kappa shape index (κ2) is 7.40. The third-order valence-electron chi connectivity index (χ3n) is 3.18. The lowest BCUT2D eigenvalue weighted by molar-refractivity contribution is -0.119. The molecule has 0 spiro atoms. The number of anilines is 1. The highest BCUT2D eigenvalue weighted by molar-refractivity contribution is 5.94. The molecule has 2 rings (SSSR count). The molecule has 0 atom stereocenters. The molecule has 0 saturated heterocycles. The first-order valence-electron chi connectivity index (χ1n) is 7.25. The molecule has 8 nitrogen and oxygen atoms in total. The average Bonchev–Trinajstić information content (AvgIpc) is 2.52. The number of hydrogen-bond donors (Lipinski definition) is 3. The van der Waals surface area contributed by atoms with E-state index in [-0.39, 0.29) is 5.69 Å². The van der Waals surface area contributed by atoms with Gasteiger partial charge in [0.05, 0.1) is 0 Å². The highest BCUT2D eigenvalue weighted by Crippen LogP contribution is 2.16. The Balaban J connectivity index is 1.91. The van der Waals surface area contributed by atoms with E-state index in [0.29, 0.717) is 11.6 Å². The summed E-state index contributed by atoms with van der Waals surface area (Å²) in [5, 5.41) is 2.58. The van der Waals surface area contributed by atoms with Crippen LogP contribution in [-0.2, 0) is 9.53 Å². The Hall–Kier alpha value is -3.16. The van der Waals surface area contributed by atoms with Crippen LogP contribution in [0.4, 0.5) is 5.69 Å². The second-order valence-electron chi connectivity index (χ2n) is 5.40. The predicted octanol–water partition coefficient (Wildman–Crippen LogP) is 0.982. The van der Waals surface area contributed by atoms with Crippen LogP contribution in [0.2, 0.25) is 0 Å². The van der Waals surface area contributed by atoms with Crippen molar-refractivity contribution in [2.45, 2.75) is 19.8 Å². The monoisotopic (exact) mass is 331 g/mol. The Morgan fingerprint density at radius 2 is 1.79 bits per heavy atom. The van der Waals surface area contributed by atoms with Crippen LogP contribution in [0.5, 0.6) is 0 Å². The molecule has 24 heavy (non-hydrogen) atoms. The molecule has 0 aliphatic heterocycles. The molecule has 8 heteroatoms. The van der Waals surface area contributed by atoms with E-state index in [1.54, 1.807) is 12.1 Å². The van der Waals surface area contributed by atoms with Crippen molar-refractivity contribution in [1.29, 1.82) is 0 Å². The second-order valence-corrected chi connectivity index (χ2v) is 5.40. The summed E-state index contributed by atoms with van der Waals surface area (Å²) in [4.78, 5) is 49.7. The summed E-state index contributed by atoms with van der Waals surface area (Å²) in [5.74, 6) is -1.12. The molecule has 0 bridgehead atoms. The number of aromatic nitrogens is 2. The van der Waals surface area contributed by atoms with Crippen molar-refractivity contribution in [3.63, 3.8) is 0 Å². The van der Waals surface area contributed by atoms with Gasteiger partial charge in [0, 0.05) is 11.8 Å². The minimum Gasteiger partial charge on any atom is -0.451 e. The molecular formula is C16H17N3O5. The molecule has 1 aromatic carbocycles. The number of ether oxygens (including phenoxy) is 1. The molecule has 3 N–H and O–H groups in total. The number of aromatic amines is 2. The third kappa shape index (κ3) is 4.67. The number of carbonyl (C=O) groups excluding carboxylic acids is 2. The number of hydrogen-bond acceptors (Lipinski definition) is 5. The van der Waals surface area contributed by atoms with Crippen molar-refractivity contribution < 1.29 is 14.3 Å². The molecule has 1 heterocycles. The van der Waals surface area contributed by atoms with E-state index in [4.69, 9.17) is 4.74 Å². The van der Waals surface area contributed by atoms with Gasteiger partial charge in [-0.05, 0) is 23.6 Å². The molecule has 0 unspecified atom stereocenters. The molecule has 0 saturated carbocycles. The zero-order chi connectivity index (χ0) is 17.7. The third-order valence-corrected chi connectivity index (χ3v) is 3.18. The zero-order valence-electron chi connectivity index (χ0n) is 13.2. The molecular weight excluding hydrogens is 314 g/mol. The van der Waals surface area contributed by atoms with Gasteiger partial charge in [-0.25, -0.2) is 9.59 Å². The van der Waals surface area contributed by atoms with E-state index >= 15 is 0 Å². The lowest BCUT2D eigenvalue weighted by atomic mass is 10.0. The summed E-state index contributed by atoms with van der Waals surface area (Å²) >= 11 is 0. The highest BCUT2D eigenvalue weighted by atomic mass is 16.5. The van der Waals surface area contributed by atoms with Gasteiger partial charge in [-0.1, -0.05) is 26.0 Å². The number of H-pyrrole nitrogens is 2. The smallest absolute Gasteiger partial charge is 0.355 e. The van der Waals surface area contributed by atoms with Gasteiger partial charge >= 0.3 is 11.7 Å².